The van der Waals surface area contributed by atoms with Crippen LogP contribution in [0.3, 0.4) is 0 Å². The number of benzene rings is 1. The summed E-state index contributed by atoms with van der Waals surface area (Å²) in [4.78, 5) is 6.60. The maximum Gasteiger partial charge on any atom is 0.242 e. The van der Waals surface area contributed by atoms with Gasteiger partial charge < -0.3 is 4.90 Å². The number of thiazole rings is 1. The maximum atomic E-state index is 12.4. The van der Waals surface area contributed by atoms with E-state index in [0.717, 1.165) is 24.5 Å². The van der Waals surface area contributed by atoms with Gasteiger partial charge in [0.1, 0.15) is 4.90 Å². The normalized spacial score (nSPS) is 18.8. The predicted molar refractivity (Wildman–Crippen MR) is 89.1 cm³/mol. The summed E-state index contributed by atoms with van der Waals surface area (Å²) < 4.78 is 27.4. The number of rotatable bonds is 5. The summed E-state index contributed by atoms with van der Waals surface area (Å²) in [6, 6.07) is 6.59. The average molecular weight is 358 g/mol. The molecule has 1 aromatic carbocycles. The first kappa shape index (κ1) is 15.7. The number of nitrogens with one attached hydrogen (secondary N) is 1. The summed E-state index contributed by atoms with van der Waals surface area (Å²) in [6.07, 6.45) is 3.76. The number of sulfonamides is 1. The Morgan fingerprint density at radius 2 is 2.23 bits per heavy atom. The first-order valence-corrected chi connectivity index (χ1v) is 9.72. The molecule has 0 spiro atoms. The van der Waals surface area contributed by atoms with Crippen LogP contribution in [0.15, 0.2) is 40.7 Å². The van der Waals surface area contributed by atoms with Crippen LogP contribution in [0.4, 0.5) is 5.13 Å². The van der Waals surface area contributed by atoms with Gasteiger partial charge in [-0.25, -0.2) is 18.1 Å². The topological polar surface area (TPSA) is 62.3 Å². The number of hydrogen-bond donors (Lipinski definition) is 1. The molecule has 1 saturated heterocycles. The minimum absolute atomic E-state index is 0.121. The summed E-state index contributed by atoms with van der Waals surface area (Å²) in [6.45, 7) is 1.26. The highest BCUT2D eigenvalue weighted by atomic mass is 35.5. The van der Waals surface area contributed by atoms with Crippen LogP contribution >= 0.6 is 22.9 Å². The molecule has 1 aliphatic rings. The molecule has 1 fully saturated rings. The van der Waals surface area contributed by atoms with Gasteiger partial charge in [-0.3, -0.25) is 0 Å². The highest BCUT2D eigenvalue weighted by Crippen LogP contribution is 2.27. The summed E-state index contributed by atoms with van der Waals surface area (Å²) >= 11 is 7.55. The van der Waals surface area contributed by atoms with E-state index in [2.05, 4.69) is 14.6 Å². The SMILES string of the molecule is O=S(=O)(NCC1CCCN1c1nccs1)c1ccccc1Cl. The van der Waals surface area contributed by atoms with Crippen molar-refractivity contribution in [2.45, 2.75) is 23.8 Å². The van der Waals surface area contributed by atoms with E-state index >= 15 is 0 Å². The lowest BCUT2D eigenvalue weighted by Crippen LogP contribution is -2.40. The Labute approximate surface area is 139 Å². The Kier molecular flexibility index (Phi) is 4.67. The van der Waals surface area contributed by atoms with Crippen molar-refractivity contribution in [2.75, 3.05) is 18.0 Å². The summed E-state index contributed by atoms with van der Waals surface area (Å²) in [5, 5.41) is 3.11. The van der Waals surface area contributed by atoms with Gasteiger partial charge in [-0.2, -0.15) is 0 Å². The van der Waals surface area contributed by atoms with Gasteiger partial charge in [0.25, 0.3) is 0 Å². The van der Waals surface area contributed by atoms with Gasteiger partial charge >= 0.3 is 0 Å². The third-order valence-corrected chi connectivity index (χ3v) is 6.41. The van der Waals surface area contributed by atoms with Gasteiger partial charge in [0.15, 0.2) is 5.13 Å². The van der Waals surface area contributed by atoms with Crippen molar-refractivity contribution in [3.63, 3.8) is 0 Å². The lowest BCUT2D eigenvalue weighted by Gasteiger charge is -2.24. The van der Waals surface area contributed by atoms with Crippen LogP contribution in [0, 0.1) is 0 Å². The van der Waals surface area contributed by atoms with Gasteiger partial charge in [-0.05, 0) is 25.0 Å². The lowest BCUT2D eigenvalue weighted by atomic mass is 10.2. The first-order valence-electron chi connectivity index (χ1n) is 6.98. The van der Waals surface area contributed by atoms with E-state index in [-0.39, 0.29) is 16.0 Å². The minimum atomic E-state index is -3.60. The molecule has 1 N–H and O–H groups in total. The Bertz CT molecular complexity index is 734. The summed E-state index contributed by atoms with van der Waals surface area (Å²) in [5.41, 5.74) is 0. The van der Waals surface area contributed by atoms with Gasteiger partial charge in [0, 0.05) is 30.7 Å². The molecule has 22 heavy (non-hydrogen) atoms. The number of nitrogens with zero attached hydrogens (tertiary/aromatic N) is 2. The van der Waals surface area contributed by atoms with Crippen molar-refractivity contribution in [1.82, 2.24) is 9.71 Å². The molecule has 1 aromatic heterocycles. The van der Waals surface area contributed by atoms with Crippen LogP contribution in [-0.4, -0.2) is 32.5 Å². The molecule has 0 aliphatic carbocycles. The fraction of sp³-hybridized carbons (Fsp3) is 0.357. The predicted octanol–water partition coefficient (Wildman–Crippen LogP) is 2.74. The van der Waals surface area contributed by atoms with Crippen molar-refractivity contribution in [2.24, 2.45) is 0 Å². The first-order chi connectivity index (χ1) is 10.6. The van der Waals surface area contributed by atoms with Crippen LogP contribution in [0.1, 0.15) is 12.8 Å². The van der Waals surface area contributed by atoms with E-state index in [9.17, 15) is 8.42 Å². The molecule has 2 heterocycles. The Morgan fingerprint density at radius 3 is 2.95 bits per heavy atom. The van der Waals surface area contributed by atoms with E-state index in [1.165, 1.54) is 6.07 Å². The van der Waals surface area contributed by atoms with E-state index < -0.39 is 10.0 Å². The molecule has 0 amide bonds. The van der Waals surface area contributed by atoms with E-state index in [4.69, 9.17) is 11.6 Å². The largest absolute Gasteiger partial charge is 0.344 e. The van der Waals surface area contributed by atoms with Crippen molar-refractivity contribution < 1.29 is 8.42 Å². The van der Waals surface area contributed by atoms with Crippen LogP contribution in [0.5, 0.6) is 0 Å². The monoisotopic (exact) mass is 357 g/mol. The van der Waals surface area contributed by atoms with Crippen LogP contribution < -0.4 is 9.62 Å². The van der Waals surface area contributed by atoms with Crippen molar-refractivity contribution >= 4 is 38.1 Å². The van der Waals surface area contributed by atoms with Gasteiger partial charge in [0.2, 0.25) is 10.0 Å². The summed E-state index contributed by atoms with van der Waals surface area (Å²) in [5.74, 6) is 0. The fourth-order valence-corrected chi connectivity index (χ4v) is 4.93. The molecule has 2 aromatic rings. The second-order valence-corrected chi connectivity index (χ2v) is 8.10. The zero-order valence-electron chi connectivity index (χ0n) is 11.8. The molecule has 1 aliphatic heterocycles. The zero-order chi connectivity index (χ0) is 15.6. The standard InChI is InChI=1S/C14H16ClN3O2S2/c15-12-5-1-2-6-13(12)22(19,20)17-10-11-4-3-8-18(11)14-16-7-9-21-14/h1-2,5-7,9,11,17H,3-4,8,10H2. The molecule has 3 rings (SSSR count). The second-order valence-electron chi connectivity index (χ2n) is 5.09. The smallest absolute Gasteiger partial charge is 0.242 e. The van der Waals surface area contributed by atoms with E-state index in [0.29, 0.717) is 6.54 Å². The second kappa shape index (κ2) is 6.54. The van der Waals surface area contributed by atoms with Crippen LogP contribution in [0.2, 0.25) is 5.02 Å². The van der Waals surface area contributed by atoms with Crippen molar-refractivity contribution in [3.8, 4) is 0 Å². The van der Waals surface area contributed by atoms with Crippen molar-refractivity contribution in [1.29, 1.82) is 0 Å². The quantitative estimate of drug-likeness (QED) is 0.893. The van der Waals surface area contributed by atoms with E-state index in [1.54, 1.807) is 35.7 Å². The molecule has 1 atom stereocenters. The molecular formula is C14H16ClN3O2S2. The molecule has 118 valence electrons. The van der Waals surface area contributed by atoms with Gasteiger partial charge in [-0.1, -0.05) is 23.7 Å². The highest BCUT2D eigenvalue weighted by Gasteiger charge is 2.28. The zero-order valence-corrected chi connectivity index (χ0v) is 14.2. The Morgan fingerprint density at radius 1 is 1.41 bits per heavy atom. The number of anilines is 1. The molecule has 0 saturated carbocycles. The van der Waals surface area contributed by atoms with Gasteiger partial charge in [0.05, 0.1) is 5.02 Å². The number of hydrogen-bond acceptors (Lipinski definition) is 5. The average Bonchev–Trinajstić information content (AvgIpc) is 3.16. The minimum Gasteiger partial charge on any atom is -0.344 e. The van der Waals surface area contributed by atoms with Gasteiger partial charge in [-0.15, -0.1) is 11.3 Å². The molecule has 5 nitrogen and oxygen atoms in total. The third-order valence-electron chi connectivity index (χ3n) is 3.68. The van der Waals surface area contributed by atoms with Crippen molar-refractivity contribution in [3.05, 3.63) is 40.9 Å². The van der Waals surface area contributed by atoms with Crippen LogP contribution in [0.25, 0.3) is 0 Å². The molecule has 1 unspecified atom stereocenters. The number of aromatic nitrogens is 1. The van der Waals surface area contributed by atoms with E-state index in [1.807, 2.05) is 5.38 Å². The third kappa shape index (κ3) is 3.27. The van der Waals surface area contributed by atoms with Crippen LogP contribution in [-0.2, 0) is 10.0 Å². The molecule has 0 radical (unpaired) electrons. The summed E-state index contributed by atoms with van der Waals surface area (Å²) in [7, 11) is -3.60. The molecular weight excluding hydrogens is 342 g/mol. The lowest BCUT2D eigenvalue weighted by molar-refractivity contribution is 0.567. The highest BCUT2D eigenvalue weighted by molar-refractivity contribution is 7.89. The Balaban J connectivity index is 1.70. The maximum absolute atomic E-state index is 12.4. The molecule has 0 bridgehead atoms. The molecule has 8 heteroatoms. The Hall–Kier alpha value is -1.15. The fourth-order valence-electron chi connectivity index (χ4n) is 2.60. The number of halogens is 1.